The molecule has 4 N–H and O–H groups in total. The number of nitrogens with one attached hydrogen (secondary N) is 1. The van der Waals surface area contributed by atoms with E-state index in [1.165, 1.54) is 0 Å². The first kappa shape index (κ1) is 11.9. The van der Waals surface area contributed by atoms with Crippen molar-refractivity contribution in [2.75, 3.05) is 13.1 Å². The molecule has 0 aromatic heterocycles. The molecule has 0 aliphatic heterocycles. The summed E-state index contributed by atoms with van der Waals surface area (Å²) in [5.41, 5.74) is 5.27. The lowest BCUT2D eigenvalue weighted by atomic mass is 10.1. The lowest BCUT2D eigenvalue weighted by molar-refractivity contribution is -0.137. The van der Waals surface area contributed by atoms with E-state index in [1.54, 1.807) is 6.92 Å². The number of amides is 1. The van der Waals surface area contributed by atoms with Gasteiger partial charge >= 0.3 is 5.97 Å². The largest absolute Gasteiger partial charge is 0.481 e. The molecular weight excluding hydrogens is 172 g/mol. The van der Waals surface area contributed by atoms with Crippen molar-refractivity contribution >= 4 is 11.9 Å². The van der Waals surface area contributed by atoms with E-state index in [1.807, 2.05) is 0 Å². The Morgan fingerprint density at radius 1 is 1.54 bits per heavy atom. The summed E-state index contributed by atoms with van der Waals surface area (Å²) in [4.78, 5) is 21.3. The summed E-state index contributed by atoms with van der Waals surface area (Å²) in [6.45, 7) is 2.42. The summed E-state index contributed by atoms with van der Waals surface area (Å²) in [7, 11) is 0. The quantitative estimate of drug-likeness (QED) is 0.527. The van der Waals surface area contributed by atoms with Crippen molar-refractivity contribution in [1.82, 2.24) is 5.32 Å². The van der Waals surface area contributed by atoms with E-state index >= 15 is 0 Å². The molecular formula is C8H16N2O3. The van der Waals surface area contributed by atoms with Gasteiger partial charge in [-0.1, -0.05) is 6.92 Å². The SMILES string of the molecule is CC(CCN)C(=O)NCCC(=O)O. The molecule has 0 heterocycles. The van der Waals surface area contributed by atoms with Crippen LogP contribution in [0.25, 0.3) is 0 Å². The summed E-state index contributed by atoms with van der Waals surface area (Å²) in [5.74, 6) is -1.18. The highest BCUT2D eigenvalue weighted by Crippen LogP contribution is 1.98. The second kappa shape index (κ2) is 6.42. The van der Waals surface area contributed by atoms with Gasteiger partial charge in [0.2, 0.25) is 5.91 Å². The molecule has 5 nitrogen and oxygen atoms in total. The summed E-state index contributed by atoms with van der Waals surface area (Å²) in [6, 6.07) is 0. The van der Waals surface area contributed by atoms with Crippen LogP contribution < -0.4 is 11.1 Å². The number of carboxylic acids is 1. The molecule has 0 spiro atoms. The van der Waals surface area contributed by atoms with E-state index in [0.717, 1.165) is 0 Å². The third kappa shape index (κ3) is 6.10. The number of hydrogen-bond donors (Lipinski definition) is 3. The maximum Gasteiger partial charge on any atom is 0.305 e. The molecule has 0 rings (SSSR count). The Hall–Kier alpha value is -1.10. The Morgan fingerprint density at radius 2 is 2.15 bits per heavy atom. The Bertz CT molecular complexity index is 182. The first-order valence-corrected chi connectivity index (χ1v) is 4.27. The minimum atomic E-state index is -0.910. The third-order valence-electron chi connectivity index (χ3n) is 1.69. The van der Waals surface area contributed by atoms with Crippen LogP contribution in [0.3, 0.4) is 0 Å². The zero-order chi connectivity index (χ0) is 10.3. The van der Waals surface area contributed by atoms with Gasteiger partial charge in [0.15, 0.2) is 0 Å². The molecule has 5 heteroatoms. The molecule has 0 aromatic rings. The van der Waals surface area contributed by atoms with Gasteiger partial charge in [0.05, 0.1) is 6.42 Å². The number of carbonyl (C=O) groups excluding carboxylic acids is 1. The van der Waals surface area contributed by atoms with Gasteiger partial charge in [-0.3, -0.25) is 9.59 Å². The van der Waals surface area contributed by atoms with Crippen LogP contribution in [0, 0.1) is 5.92 Å². The van der Waals surface area contributed by atoms with Gasteiger partial charge in [-0.25, -0.2) is 0 Å². The predicted octanol–water partition coefficient (Wildman–Crippen LogP) is -0.438. The number of nitrogens with two attached hydrogens (primary N) is 1. The molecule has 0 saturated carbocycles. The molecule has 0 bridgehead atoms. The van der Waals surface area contributed by atoms with Crippen molar-refractivity contribution in [3.05, 3.63) is 0 Å². The van der Waals surface area contributed by atoms with Crippen molar-refractivity contribution in [3.8, 4) is 0 Å². The van der Waals surface area contributed by atoms with Gasteiger partial charge in [-0.15, -0.1) is 0 Å². The van der Waals surface area contributed by atoms with Gasteiger partial charge < -0.3 is 16.2 Å². The van der Waals surface area contributed by atoms with Gasteiger partial charge in [0.1, 0.15) is 0 Å². The van der Waals surface area contributed by atoms with E-state index in [-0.39, 0.29) is 24.8 Å². The van der Waals surface area contributed by atoms with Crippen molar-refractivity contribution in [2.24, 2.45) is 11.7 Å². The lowest BCUT2D eigenvalue weighted by Crippen LogP contribution is -2.31. The second-order valence-electron chi connectivity index (χ2n) is 2.91. The smallest absolute Gasteiger partial charge is 0.305 e. The molecule has 1 atom stereocenters. The number of aliphatic carboxylic acids is 1. The number of hydrogen-bond acceptors (Lipinski definition) is 3. The van der Waals surface area contributed by atoms with E-state index in [9.17, 15) is 9.59 Å². The van der Waals surface area contributed by atoms with Crippen LogP contribution in [0.2, 0.25) is 0 Å². The van der Waals surface area contributed by atoms with E-state index in [2.05, 4.69) is 5.32 Å². The summed E-state index contributed by atoms with van der Waals surface area (Å²) in [6.07, 6.45) is 0.583. The van der Waals surface area contributed by atoms with Crippen molar-refractivity contribution in [1.29, 1.82) is 0 Å². The first-order chi connectivity index (χ1) is 6.07. The summed E-state index contributed by atoms with van der Waals surface area (Å²) in [5, 5.41) is 10.8. The number of rotatable bonds is 6. The third-order valence-corrected chi connectivity index (χ3v) is 1.69. The molecule has 1 unspecified atom stereocenters. The van der Waals surface area contributed by atoms with Crippen LogP contribution in [-0.2, 0) is 9.59 Å². The molecule has 0 aliphatic carbocycles. The average molecular weight is 188 g/mol. The minimum Gasteiger partial charge on any atom is -0.481 e. The van der Waals surface area contributed by atoms with Crippen LogP contribution in [0.4, 0.5) is 0 Å². The van der Waals surface area contributed by atoms with Crippen molar-refractivity contribution in [3.63, 3.8) is 0 Å². The zero-order valence-electron chi connectivity index (χ0n) is 7.75. The van der Waals surface area contributed by atoms with E-state index < -0.39 is 5.97 Å². The van der Waals surface area contributed by atoms with Gasteiger partial charge in [0.25, 0.3) is 0 Å². The molecule has 0 fully saturated rings. The van der Waals surface area contributed by atoms with E-state index in [4.69, 9.17) is 10.8 Å². The topological polar surface area (TPSA) is 92.4 Å². The van der Waals surface area contributed by atoms with Crippen LogP contribution in [-0.4, -0.2) is 30.1 Å². The maximum absolute atomic E-state index is 11.2. The average Bonchev–Trinajstić information content (AvgIpc) is 2.04. The van der Waals surface area contributed by atoms with Gasteiger partial charge in [0, 0.05) is 12.5 Å². The fraction of sp³-hybridized carbons (Fsp3) is 0.750. The monoisotopic (exact) mass is 188 g/mol. The van der Waals surface area contributed by atoms with Gasteiger partial charge in [-0.2, -0.15) is 0 Å². The van der Waals surface area contributed by atoms with Crippen molar-refractivity contribution in [2.45, 2.75) is 19.8 Å². The minimum absolute atomic E-state index is 0.0406. The maximum atomic E-state index is 11.2. The Labute approximate surface area is 77.3 Å². The Kier molecular flexibility index (Phi) is 5.88. The molecule has 0 radical (unpaired) electrons. The van der Waals surface area contributed by atoms with Crippen LogP contribution >= 0.6 is 0 Å². The number of carboxylic acid groups (broad SMARTS) is 1. The normalized spacial score (nSPS) is 12.2. The molecule has 0 aromatic carbocycles. The van der Waals surface area contributed by atoms with Crippen LogP contribution in [0.15, 0.2) is 0 Å². The standard InChI is InChI=1S/C8H16N2O3/c1-6(2-4-9)8(13)10-5-3-7(11)12/h6H,2-5,9H2,1H3,(H,10,13)(H,11,12). The fourth-order valence-electron chi connectivity index (χ4n) is 0.848. The van der Waals surface area contributed by atoms with Crippen LogP contribution in [0.5, 0.6) is 0 Å². The summed E-state index contributed by atoms with van der Waals surface area (Å²) < 4.78 is 0. The summed E-state index contributed by atoms with van der Waals surface area (Å²) >= 11 is 0. The number of carbonyl (C=O) groups is 2. The highest BCUT2D eigenvalue weighted by atomic mass is 16.4. The second-order valence-corrected chi connectivity index (χ2v) is 2.91. The highest BCUT2D eigenvalue weighted by molar-refractivity contribution is 5.78. The Morgan fingerprint density at radius 3 is 2.62 bits per heavy atom. The molecule has 13 heavy (non-hydrogen) atoms. The van der Waals surface area contributed by atoms with Crippen LogP contribution in [0.1, 0.15) is 19.8 Å². The Balaban J connectivity index is 3.55. The predicted molar refractivity (Wildman–Crippen MR) is 48.1 cm³/mol. The zero-order valence-corrected chi connectivity index (χ0v) is 7.75. The van der Waals surface area contributed by atoms with Crippen molar-refractivity contribution < 1.29 is 14.7 Å². The fourth-order valence-corrected chi connectivity index (χ4v) is 0.848. The molecule has 0 aliphatic rings. The lowest BCUT2D eigenvalue weighted by Gasteiger charge is -2.09. The molecule has 1 amide bonds. The van der Waals surface area contributed by atoms with Gasteiger partial charge in [-0.05, 0) is 13.0 Å². The van der Waals surface area contributed by atoms with E-state index in [0.29, 0.717) is 13.0 Å². The molecule has 0 saturated heterocycles. The first-order valence-electron chi connectivity index (χ1n) is 4.27. The molecule has 76 valence electrons. The highest BCUT2D eigenvalue weighted by Gasteiger charge is 2.10.